The van der Waals surface area contributed by atoms with Crippen molar-refractivity contribution in [3.63, 3.8) is 0 Å². The van der Waals surface area contributed by atoms with E-state index < -0.39 is 11.7 Å². The van der Waals surface area contributed by atoms with E-state index in [1.165, 1.54) is 34.4 Å². The first-order chi connectivity index (χ1) is 13.9. The maximum atomic E-state index is 13.0. The van der Waals surface area contributed by atoms with Gasteiger partial charge in [0.1, 0.15) is 0 Å². The van der Waals surface area contributed by atoms with Gasteiger partial charge in [0.05, 0.1) is 11.6 Å². The smallest absolute Gasteiger partial charge is 0.303 e. The van der Waals surface area contributed by atoms with E-state index in [9.17, 15) is 13.2 Å². The van der Waals surface area contributed by atoms with Gasteiger partial charge in [-0.05, 0) is 60.1 Å². The minimum absolute atomic E-state index is 0.0164. The molecule has 0 fully saturated rings. The fourth-order valence-electron chi connectivity index (χ4n) is 4.28. The Morgan fingerprint density at radius 3 is 2.03 bits per heavy atom. The van der Waals surface area contributed by atoms with Crippen molar-refractivity contribution in [3.05, 3.63) is 106 Å². The second-order valence-electron chi connectivity index (χ2n) is 7.80. The van der Waals surface area contributed by atoms with E-state index >= 15 is 0 Å². The van der Waals surface area contributed by atoms with Crippen molar-refractivity contribution in [1.82, 2.24) is 5.32 Å². The molecule has 1 aliphatic carbocycles. The standard InChI is InChI=1S/C25H24F3N/c1-17(15-18-7-6-10-21(16-18)25(26,27)28)29-24-22-11-4-2-8-19(22)13-14-20-9-3-5-12-23(20)24/h2-12,16-17,24,29H,13-15H2,1H3/t17-/m0/s1. The van der Waals surface area contributed by atoms with Crippen LogP contribution in [0.25, 0.3) is 0 Å². The van der Waals surface area contributed by atoms with Crippen LogP contribution in [0.15, 0.2) is 72.8 Å². The number of alkyl halides is 3. The Kier molecular flexibility index (Phi) is 5.46. The van der Waals surface area contributed by atoms with Crippen molar-refractivity contribution in [2.45, 2.75) is 44.4 Å². The number of aryl methyl sites for hydroxylation is 2. The molecule has 1 N–H and O–H groups in total. The number of rotatable bonds is 4. The van der Waals surface area contributed by atoms with Crippen molar-refractivity contribution in [3.8, 4) is 0 Å². The quantitative estimate of drug-likeness (QED) is 0.562. The van der Waals surface area contributed by atoms with Crippen LogP contribution >= 0.6 is 0 Å². The summed E-state index contributed by atoms with van der Waals surface area (Å²) < 4.78 is 39.1. The summed E-state index contributed by atoms with van der Waals surface area (Å²) in [6, 6.07) is 22.6. The zero-order valence-electron chi connectivity index (χ0n) is 16.3. The van der Waals surface area contributed by atoms with Crippen molar-refractivity contribution < 1.29 is 13.2 Å². The first-order valence-electron chi connectivity index (χ1n) is 9.99. The summed E-state index contributed by atoms with van der Waals surface area (Å²) in [6.45, 7) is 2.04. The lowest BCUT2D eigenvalue weighted by Crippen LogP contribution is -2.33. The molecule has 0 heterocycles. The number of fused-ring (bicyclic) bond motifs is 2. The zero-order valence-corrected chi connectivity index (χ0v) is 16.3. The lowest BCUT2D eigenvalue weighted by atomic mass is 9.93. The largest absolute Gasteiger partial charge is 0.416 e. The predicted molar refractivity (Wildman–Crippen MR) is 110 cm³/mol. The summed E-state index contributed by atoms with van der Waals surface area (Å²) in [5.74, 6) is 0. The summed E-state index contributed by atoms with van der Waals surface area (Å²) >= 11 is 0. The normalized spacial score (nSPS) is 15.3. The molecule has 3 aromatic carbocycles. The third-order valence-electron chi connectivity index (χ3n) is 5.64. The minimum Gasteiger partial charge on any atom is -0.303 e. The predicted octanol–water partition coefficient (Wildman–Crippen LogP) is 6.11. The van der Waals surface area contributed by atoms with E-state index in [4.69, 9.17) is 0 Å². The molecule has 0 saturated carbocycles. The van der Waals surface area contributed by atoms with Crippen LogP contribution in [0.5, 0.6) is 0 Å². The van der Waals surface area contributed by atoms with Gasteiger partial charge in [0.2, 0.25) is 0 Å². The third kappa shape index (κ3) is 4.38. The highest BCUT2D eigenvalue weighted by molar-refractivity contribution is 5.44. The number of nitrogens with one attached hydrogen (secondary N) is 1. The Hall–Kier alpha value is -2.59. The highest BCUT2D eigenvalue weighted by atomic mass is 19.4. The average molecular weight is 395 g/mol. The van der Waals surface area contributed by atoms with E-state index in [0.717, 1.165) is 18.9 Å². The van der Waals surface area contributed by atoms with Gasteiger partial charge in [0.15, 0.2) is 0 Å². The molecule has 3 aromatic rings. The molecule has 150 valence electrons. The topological polar surface area (TPSA) is 12.0 Å². The number of hydrogen-bond donors (Lipinski definition) is 1. The highest BCUT2D eigenvalue weighted by Crippen LogP contribution is 2.33. The number of benzene rings is 3. The zero-order chi connectivity index (χ0) is 20.4. The van der Waals surface area contributed by atoms with Gasteiger partial charge >= 0.3 is 6.18 Å². The van der Waals surface area contributed by atoms with Crippen molar-refractivity contribution >= 4 is 0 Å². The molecule has 0 aliphatic heterocycles. The minimum atomic E-state index is -4.31. The monoisotopic (exact) mass is 395 g/mol. The van der Waals surface area contributed by atoms with E-state index in [-0.39, 0.29) is 12.1 Å². The van der Waals surface area contributed by atoms with Crippen LogP contribution in [0, 0.1) is 0 Å². The Bertz CT molecular complexity index is 946. The molecule has 1 atom stereocenters. The SMILES string of the molecule is C[C@@H](Cc1cccc(C(F)(F)F)c1)NC1c2ccccc2CCc2ccccc21. The fraction of sp³-hybridized carbons (Fsp3) is 0.280. The Labute approximate surface area is 169 Å². The Morgan fingerprint density at radius 1 is 0.862 bits per heavy atom. The van der Waals surface area contributed by atoms with Crippen molar-refractivity contribution in [2.24, 2.45) is 0 Å². The van der Waals surface area contributed by atoms with Crippen LogP contribution in [0.3, 0.4) is 0 Å². The van der Waals surface area contributed by atoms with Gasteiger partial charge in [0.25, 0.3) is 0 Å². The summed E-state index contributed by atoms with van der Waals surface area (Å²) in [5.41, 5.74) is 5.27. The highest BCUT2D eigenvalue weighted by Gasteiger charge is 2.30. The molecule has 0 saturated heterocycles. The van der Waals surface area contributed by atoms with E-state index in [1.54, 1.807) is 6.07 Å². The van der Waals surface area contributed by atoms with E-state index in [1.807, 2.05) is 6.92 Å². The van der Waals surface area contributed by atoms with Crippen LogP contribution < -0.4 is 5.32 Å². The lowest BCUT2D eigenvalue weighted by molar-refractivity contribution is -0.137. The number of halogens is 3. The molecule has 0 amide bonds. The average Bonchev–Trinajstić information content (AvgIpc) is 2.85. The molecule has 0 radical (unpaired) electrons. The Morgan fingerprint density at radius 2 is 1.45 bits per heavy atom. The van der Waals surface area contributed by atoms with Crippen LogP contribution in [0.1, 0.15) is 46.3 Å². The first kappa shape index (κ1) is 19.7. The van der Waals surface area contributed by atoms with Gasteiger partial charge in [-0.1, -0.05) is 66.7 Å². The van der Waals surface area contributed by atoms with E-state index in [2.05, 4.69) is 53.8 Å². The molecule has 29 heavy (non-hydrogen) atoms. The van der Waals surface area contributed by atoms with Gasteiger partial charge in [-0.25, -0.2) is 0 Å². The van der Waals surface area contributed by atoms with Crippen LogP contribution in [-0.4, -0.2) is 6.04 Å². The molecule has 4 heteroatoms. The van der Waals surface area contributed by atoms with Gasteiger partial charge in [-0.15, -0.1) is 0 Å². The molecule has 1 aliphatic rings. The van der Waals surface area contributed by atoms with Gasteiger partial charge in [0, 0.05) is 6.04 Å². The summed E-state index contributed by atoms with van der Waals surface area (Å²) in [7, 11) is 0. The number of hydrogen-bond acceptors (Lipinski definition) is 1. The molecule has 4 rings (SSSR count). The summed E-state index contributed by atoms with van der Waals surface area (Å²) in [6.07, 6.45) is -1.79. The van der Waals surface area contributed by atoms with Crippen LogP contribution in [0.2, 0.25) is 0 Å². The maximum absolute atomic E-state index is 13.0. The van der Waals surface area contributed by atoms with E-state index in [0.29, 0.717) is 12.0 Å². The molecule has 0 bridgehead atoms. The molecule has 0 aromatic heterocycles. The van der Waals surface area contributed by atoms with Crippen molar-refractivity contribution in [2.75, 3.05) is 0 Å². The first-order valence-corrected chi connectivity index (χ1v) is 9.99. The molecule has 0 spiro atoms. The van der Waals surface area contributed by atoms with Gasteiger partial charge in [-0.2, -0.15) is 13.2 Å². The van der Waals surface area contributed by atoms with Gasteiger partial charge in [-0.3, -0.25) is 0 Å². The molecule has 0 unspecified atom stereocenters. The molecule has 1 nitrogen and oxygen atoms in total. The maximum Gasteiger partial charge on any atom is 0.416 e. The van der Waals surface area contributed by atoms with Crippen molar-refractivity contribution in [1.29, 1.82) is 0 Å². The second-order valence-corrected chi connectivity index (χ2v) is 7.80. The van der Waals surface area contributed by atoms with Crippen LogP contribution in [0.4, 0.5) is 13.2 Å². The third-order valence-corrected chi connectivity index (χ3v) is 5.64. The van der Waals surface area contributed by atoms with Gasteiger partial charge < -0.3 is 5.32 Å². The summed E-state index contributed by atoms with van der Waals surface area (Å²) in [5, 5.41) is 3.70. The van der Waals surface area contributed by atoms with Crippen LogP contribution in [-0.2, 0) is 25.4 Å². The molecular formula is C25H24F3N. The fourth-order valence-corrected chi connectivity index (χ4v) is 4.28. The Balaban J connectivity index is 1.61. The second kappa shape index (κ2) is 8.03. The lowest BCUT2D eigenvalue weighted by Gasteiger charge is -2.26. The molecular weight excluding hydrogens is 371 g/mol. The summed E-state index contributed by atoms with van der Waals surface area (Å²) in [4.78, 5) is 0.